The average Bonchev–Trinajstić information content (AvgIpc) is 2.22. The van der Waals surface area contributed by atoms with Crippen molar-refractivity contribution < 1.29 is 23.1 Å². The number of halogens is 3. The number of aryl methyl sites for hydroxylation is 3. The Morgan fingerprint density at radius 3 is 2.20 bits per heavy atom. The number of alkyl halides is 3. The summed E-state index contributed by atoms with van der Waals surface area (Å²) in [5.74, 6) is -1.27. The number of aliphatic carboxylic acids is 1. The van der Waals surface area contributed by atoms with Gasteiger partial charge in [-0.05, 0) is 43.0 Å². The molecular formula is C14H18F3NO2. The van der Waals surface area contributed by atoms with Gasteiger partial charge in [0.25, 0.3) is 0 Å². The molecule has 0 heterocycles. The number of carboxylic acid groups (broad SMARTS) is 1. The van der Waals surface area contributed by atoms with Crippen LogP contribution in [-0.2, 0) is 11.3 Å². The van der Waals surface area contributed by atoms with Crippen molar-refractivity contribution in [3.8, 4) is 0 Å². The van der Waals surface area contributed by atoms with Crippen molar-refractivity contribution in [3.63, 3.8) is 0 Å². The van der Waals surface area contributed by atoms with Gasteiger partial charge in [-0.25, -0.2) is 0 Å². The van der Waals surface area contributed by atoms with Crippen LogP contribution in [0.2, 0.25) is 0 Å². The Kier molecular flexibility index (Phi) is 5.16. The molecule has 0 aliphatic heterocycles. The molecule has 0 unspecified atom stereocenters. The Labute approximate surface area is 116 Å². The van der Waals surface area contributed by atoms with Crippen molar-refractivity contribution in [2.45, 2.75) is 33.5 Å². The smallest absolute Gasteiger partial charge is 0.401 e. The summed E-state index contributed by atoms with van der Waals surface area (Å²) in [6, 6.07) is 3.72. The summed E-state index contributed by atoms with van der Waals surface area (Å²) in [6.07, 6.45) is -4.41. The van der Waals surface area contributed by atoms with Gasteiger partial charge in [0.05, 0.1) is 13.1 Å². The van der Waals surface area contributed by atoms with Crippen molar-refractivity contribution >= 4 is 5.97 Å². The fraction of sp³-hybridized carbons (Fsp3) is 0.500. The lowest BCUT2D eigenvalue weighted by atomic mass is 10.0. The van der Waals surface area contributed by atoms with Gasteiger partial charge in [-0.2, -0.15) is 13.2 Å². The van der Waals surface area contributed by atoms with Crippen molar-refractivity contribution in [3.05, 3.63) is 34.4 Å². The van der Waals surface area contributed by atoms with E-state index in [-0.39, 0.29) is 6.54 Å². The van der Waals surface area contributed by atoms with E-state index in [1.54, 1.807) is 0 Å². The zero-order valence-electron chi connectivity index (χ0n) is 11.7. The fourth-order valence-corrected chi connectivity index (χ4v) is 2.04. The van der Waals surface area contributed by atoms with E-state index in [1.807, 2.05) is 32.9 Å². The molecule has 1 N–H and O–H groups in total. The van der Waals surface area contributed by atoms with E-state index in [2.05, 4.69) is 0 Å². The summed E-state index contributed by atoms with van der Waals surface area (Å²) in [5, 5.41) is 8.72. The van der Waals surface area contributed by atoms with E-state index in [4.69, 9.17) is 5.11 Å². The molecule has 0 radical (unpaired) electrons. The van der Waals surface area contributed by atoms with E-state index < -0.39 is 25.2 Å². The summed E-state index contributed by atoms with van der Waals surface area (Å²) >= 11 is 0. The van der Waals surface area contributed by atoms with Gasteiger partial charge in [0.15, 0.2) is 0 Å². The normalized spacial score (nSPS) is 11.9. The lowest BCUT2D eigenvalue weighted by Gasteiger charge is -2.23. The van der Waals surface area contributed by atoms with Crippen LogP contribution in [0.1, 0.15) is 22.3 Å². The maximum Gasteiger partial charge on any atom is 0.401 e. The van der Waals surface area contributed by atoms with Gasteiger partial charge >= 0.3 is 12.1 Å². The van der Waals surface area contributed by atoms with Crippen LogP contribution in [0.25, 0.3) is 0 Å². The number of hydrogen-bond acceptors (Lipinski definition) is 2. The maximum atomic E-state index is 12.5. The number of carboxylic acids is 1. The highest BCUT2D eigenvalue weighted by atomic mass is 19.4. The number of rotatable bonds is 5. The molecule has 0 aliphatic rings. The Morgan fingerprint density at radius 1 is 1.15 bits per heavy atom. The first-order valence-corrected chi connectivity index (χ1v) is 6.16. The second-order valence-electron chi connectivity index (χ2n) is 5.02. The minimum absolute atomic E-state index is 0.0290. The van der Waals surface area contributed by atoms with Crippen LogP contribution in [-0.4, -0.2) is 35.2 Å². The number of hydrogen-bond donors (Lipinski definition) is 1. The highest BCUT2D eigenvalue weighted by Gasteiger charge is 2.31. The molecule has 0 amide bonds. The quantitative estimate of drug-likeness (QED) is 0.905. The second kappa shape index (κ2) is 6.26. The third-order valence-electron chi connectivity index (χ3n) is 3.11. The summed E-state index contributed by atoms with van der Waals surface area (Å²) in [6.45, 7) is 3.73. The molecule has 0 saturated heterocycles. The summed E-state index contributed by atoms with van der Waals surface area (Å²) in [5.41, 5.74) is 3.63. The molecule has 3 nitrogen and oxygen atoms in total. The molecular weight excluding hydrogens is 271 g/mol. The Bertz CT molecular complexity index is 498. The maximum absolute atomic E-state index is 12.5. The van der Waals surface area contributed by atoms with E-state index in [9.17, 15) is 18.0 Å². The standard InChI is InChI=1S/C14H18F3NO2/c1-9-4-11(3)12(5-10(9)2)6-18(7-13(19)20)8-14(15,16)17/h4-5H,6-8H2,1-3H3,(H,19,20). The molecule has 1 rings (SSSR count). The molecule has 0 bridgehead atoms. The van der Waals surface area contributed by atoms with Gasteiger partial charge in [0.1, 0.15) is 0 Å². The molecule has 20 heavy (non-hydrogen) atoms. The van der Waals surface area contributed by atoms with Gasteiger partial charge in [0, 0.05) is 6.54 Å². The first-order chi connectivity index (χ1) is 9.08. The molecule has 0 atom stereocenters. The number of benzene rings is 1. The van der Waals surface area contributed by atoms with Crippen molar-refractivity contribution in [2.75, 3.05) is 13.1 Å². The Hall–Kier alpha value is -1.56. The minimum Gasteiger partial charge on any atom is -0.480 e. The monoisotopic (exact) mass is 289 g/mol. The Morgan fingerprint density at radius 2 is 1.70 bits per heavy atom. The SMILES string of the molecule is Cc1cc(C)c(CN(CC(=O)O)CC(F)(F)F)cc1C. The first kappa shape index (κ1) is 16.5. The number of nitrogens with zero attached hydrogens (tertiary/aromatic N) is 1. The average molecular weight is 289 g/mol. The summed E-state index contributed by atoms with van der Waals surface area (Å²) < 4.78 is 37.4. The van der Waals surface area contributed by atoms with Crippen LogP contribution < -0.4 is 0 Å². The molecule has 1 aromatic carbocycles. The van der Waals surface area contributed by atoms with Crippen LogP contribution in [0.5, 0.6) is 0 Å². The van der Waals surface area contributed by atoms with Crippen molar-refractivity contribution in [1.82, 2.24) is 4.90 Å². The van der Waals surface area contributed by atoms with Gasteiger partial charge in [-0.3, -0.25) is 9.69 Å². The predicted octanol–water partition coefficient (Wildman–Crippen LogP) is 3.06. The zero-order chi connectivity index (χ0) is 15.5. The number of carbonyl (C=O) groups is 1. The van der Waals surface area contributed by atoms with Crippen molar-refractivity contribution in [1.29, 1.82) is 0 Å². The van der Waals surface area contributed by atoms with Crippen LogP contribution in [0.4, 0.5) is 13.2 Å². The van der Waals surface area contributed by atoms with E-state index in [0.29, 0.717) is 0 Å². The van der Waals surface area contributed by atoms with Crippen molar-refractivity contribution in [2.24, 2.45) is 0 Å². The van der Waals surface area contributed by atoms with Crippen LogP contribution in [0, 0.1) is 20.8 Å². The highest BCUT2D eigenvalue weighted by Crippen LogP contribution is 2.21. The lowest BCUT2D eigenvalue weighted by molar-refractivity contribution is -0.154. The largest absolute Gasteiger partial charge is 0.480 e. The highest BCUT2D eigenvalue weighted by molar-refractivity contribution is 5.69. The third-order valence-corrected chi connectivity index (χ3v) is 3.11. The van der Waals surface area contributed by atoms with E-state index in [0.717, 1.165) is 27.2 Å². The molecule has 0 spiro atoms. The minimum atomic E-state index is -4.41. The molecule has 0 aromatic heterocycles. The molecule has 0 saturated carbocycles. The topological polar surface area (TPSA) is 40.5 Å². The van der Waals surface area contributed by atoms with Crippen LogP contribution >= 0.6 is 0 Å². The fourth-order valence-electron chi connectivity index (χ4n) is 2.04. The molecule has 1 aromatic rings. The summed E-state index contributed by atoms with van der Waals surface area (Å²) in [7, 11) is 0. The second-order valence-corrected chi connectivity index (χ2v) is 5.02. The zero-order valence-corrected chi connectivity index (χ0v) is 11.7. The van der Waals surface area contributed by atoms with Gasteiger partial charge in [-0.15, -0.1) is 0 Å². The first-order valence-electron chi connectivity index (χ1n) is 6.16. The third kappa shape index (κ3) is 5.21. The summed E-state index contributed by atoms with van der Waals surface area (Å²) in [4.78, 5) is 11.6. The molecule has 0 fully saturated rings. The van der Waals surface area contributed by atoms with Gasteiger partial charge < -0.3 is 5.11 Å². The van der Waals surface area contributed by atoms with Crippen LogP contribution in [0.15, 0.2) is 12.1 Å². The predicted molar refractivity (Wildman–Crippen MR) is 69.6 cm³/mol. The molecule has 112 valence electrons. The van der Waals surface area contributed by atoms with Gasteiger partial charge in [0.2, 0.25) is 0 Å². The lowest BCUT2D eigenvalue weighted by Crippen LogP contribution is -2.37. The van der Waals surface area contributed by atoms with Crippen LogP contribution in [0.3, 0.4) is 0 Å². The van der Waals surface area contributed by atoms with E-state index >= 15 is 0 Å². The molecule has 6 heteroatoms. The van der Waals surface area contributed by atoms with E-state index in [1.165, 1.54) is 0 Å². The Balaban J connectivity index is 2.94. The van der Waals surface area contributed by atoms with Gasteiger partial charge in [-0.1, -0.05) is 12.1 Å². The molecule has 0 aliphatic carbocycles.